The number of rotatable bonds is 5. The van der Waals surface area contributed by atoms with Crippen molar-refractivity contribution < 1.29 is 29.5 Å². The lowest BCUT2D eigenvalue weighted by molar-refractivity contribution is -0.386. The van der Waals surface area contributed by atoms with Crippen LogP contribution in [0.3, 0.4) is 0 Å². The third-order valence-corrected chi connectivity index (χ3v) is 5.26. The molecule has 0 bridgehead atoms. The van der Waals surface area contributed by atoms with Gasteiger partial charge in [-0.3, -0.25) is 19.8 Å². The Labute approximate surface area is 173 Å². The van der Waals surface area contributed by atoms with Crippen LogP contribution in [0.25, 0.3) is 6.08 Å². The van der Waals surface area contributed by atoms with Crippen molar-refractivity contribution in [3.8, 4) is 11.5 Å². The second kappa shape index (κ2) is 7.89. The summed E-state index contributed by atoms with van der Waals surface area (Å²) in [5.74, 6) is -2.27. The smallest absolute Gasteiger partial charge is 0.335 e. The number of thioether (sulfide) groups is 1. The molecule has 3 rings (SSSR count). The number of carboxylic acid groups (broad SMARTS) is 1. The van der Waals surface area contributed by atoms with Gasteiger partial charge in [-0.1, -0.05) is 24.0 Å². The number of carbonyl (C=O) groups excluding carboxylic acids is 1. The van der Waals surface area contributed by atoms with Crippen molar-refractivity contribution in [2.75, 3.05) is 12.0 Å². The zero-order valence-electron chi connectivity index (χ0n) is 14.7. The third kappa shape index (κ3) is 3.91. The van der Waals surface area contributed by atoms with Crippen LogP contribution >= 0.6 is 24.0 Å². The van der Waals surface area contributed by atoms with E-state index in [-0.39, 0.29) is 26.1 Å². The van der Waals surface area contributed by atoms with Gasteiger partial charge in [-0.25, -0.2) is 4.79 Å². The molecule has 0 atom stereocenters. The van der Waals surface area contributed by atoms with Crippen molar-refractivity contribution in [3.05, 3.63) is 62.5 Å². The number of anilines is 1. The Morgan fingerprint density at radius 1 is 1.31 bits per heavy atom. The molecule has 1 aliphatic rings. The Bertz CT molecular complexity index is 1080. The highest BCUT2D eigenvalue weighted by molar-refractivity contribution is 8.27. The number of phenols is 1. The van der Waals surface area contributed by atoms with Gasteiger partial charge in [0.05, 0.1) is 28.2 Å². The fraction of sp³-hybridized carbons (Fsp3) is 0.0556. The summed E-state index contributed by atoms with van der Waals surface area (Å²) in [6.07, 6.45) is 1.40. The van der Waals surface area contributed by atoms with Crippen molar-refractivity contribution >= 4 is 57.6 Å². The maximum absolute atomic E-state index is 12.8. The summed E-state index contributed by atoms with van der Waals surface area (Å²) >= 11 is 6.25. The molecule has 29 heavy (non-hydrogen) atoms. The largest absolute Gasteiger partial charge is 0.500 e. The van der Waals surface area contributed by atoms with E-state index in [0.29, 0.717) is 5.69 Å². The van der Waals surface area contributed by atoms with Crippen LogP contribution in [0.5, 0.6) is 11.5 Å². The van der Waals surface area contributed by atoms with E-state index in [4.69, 9.17) is 22.1 Å². The normalized spacial score (nSPS) is 15.1. The maximum atomic E-state index is 12.8. The Balaban J connectivity index is 1.97. The summed E-state index contributed by atoms with van der Waals surface area (Å²) in [5.41, 5.74) is 0.178. The topological polar surface area (TPSA) is 130 Å². The molecular weight excluding hydrogens is 420 g/mol. The van der Waals surface area contributed by atoms with E-state index in [2.05, 4.69) is 0 Å². The molecular formula is C18H12N2O7S2. The van der Waals surface area contributed by atoms with Gasteiger partial charge in [0.15, 0.2) is 10.1 Å². The van der Waals surface area contributed by atoms with Gasteiger partial charge in [-0.05, 0) is 42.0 Å². The highest BCUT2D eigenvalue weighted by Gasteiger charge is 2.33. The van der Waals surface area contributed by atoms with Gasteiger partial charge in [0.25, 0.3) is 5.91 Å². The van der Waals surface area contributed by atoms with E-state index in [1.165, 1.54) is 48.4 Å². The van der Waals surface area contributed by atoms with E-state index in [1.807, 2.05) is 0 Å². The molecule has 9 nitrogen and oxygen atoms in total. The summed E-state index contributed by atoms with van der Waals surface area (Å²) in [4.78, 5) is 35.6. The lowest BCUT2D eigenvalue weighted by Crippen LogP contribution is -2.27. The first-order valence-corrected chi connectivity index (χ1v) is 9.12. The van der Waals surface area contributed by atoms with Crippen LogP contribution in [0.2, 0.25) is 0 Å². The monoisotopic (exact) mass is 432 g/mol. The fourth-order valence-electron chi connectivity index (χ4n) is 2.59. The molecule has 1 amide bonds. The predicted octanol–water partition coefficient (Wildman–Crippen LogP) is 3.41. The predicted molar refractivity (Wildman–Crippen MR) is 110 cm³/mol. The van der Waals surface area contributed by atoms with E-state index in [1.54, 1.807) is 0 Å². The zero-order chi connectivity index (χ0) is 21.3. The lowest BCUT2D eigenvalue weighted by atomic mass is 10.1. The average molecular weight is 432 g/mol. The summed E-state index contributed by atoms with van der Waals surface area (Å²) in [6, 6.07) is 8.11. The number of nitrogens with zero attached hydrogens (tertiary/aromatic N) is 2. The van der Waals surface area contributed by atoms with Crippen LogP contribution in [0.1, 0.15) is 15.9 Å². The van der Waals surface area contributed by atoms with Gasteiger partial charge < -0.3 is 14.9 Å². The first-order chi connectivity index (χ1) is 13.7. The van der Waals surface area contributed by atoms with E-state index in [0.717, 1.165) is 17.8 Å². The SMILES string of the molecule is COc1cc(/C=C2\SC(=S)N(c3ccc(C(=O)O)cc3)C2=O)cc([N+](=O)[O-])c1O. The fourth-order valence-corrected chi connectivity index (χ4v) is 3.89. The van der Waals surface area contributed by atoms with Crippen LogP contribution in [-0.4, -0.2) is 38.4 Å². The van der Waals surface area contributed by atoms with Gasteiger partial charge in [0.1, 0.15) is 0 Å². The maximum Gasteiger partial charge on any atom is 0.335 e. The minimum absolute atomic E-state index is 0.0678. The molecule has 0 saturated carbocycles. The van der Waals surface area contributed by atoms with E-state index >= 15 is 0 Å². The molecule has 0 spiro atoms. The Morgan fingerprint density at radius 2 is 1.97 bits per heavy atom. The highest BCUT2D eigenvalue weighted by atomic mass is 32.2. The summed E-state index contributed by atoms with van der Waals surface area (Å²) in [5, 5.41) is 30.0. The van der Waals surface area contributed by atoms with Crippen molar-refractivity contribution in [1.82, 2.24) is 0 Å². The standard InChI is InChI=1S/C18H12N2O7S2/c1-27-13-7-9(6-12(15(13)21)20(25)26)8-14-16(22)19(18(28)29-14)11-4-2-10(3-5-11)17(23)24/h2-8,21H,1H3,(H,23,24)/b14-8-. The lowest BCUT2D eigenvalue weighted by Gasteiger charge is -2.14. The summed E-state index contributed by atoms with van der Waals surface area (Å²) in [7, 11) is 1.25. The van der Waals surface area contributed by atoms with E-state index < -0.39 is 28.2 Å². The molecule has 0 aromatic heterocycles. The first kappa shape index (κ1) is 20.3. The van der Waals surface area contributed by atoms with Crippen molar-refractivity contribution in [2.45, 2.75) is 0 Å². The number of carbonyl (C=O) groups is 2. The molecule has 1 aliphatic heterocycles. The molecule has 1 saturated heterocycles. The second-order valence-electron chi connectivity index (χ2n) is 5.72. The van der Waals surface area contributed by atoms with Crippen LogP contribution in [-0.2, 0) is 4.79 Å². The van der Waals surface area contributed by atoms with Gasteiger partial charge >= 0.3 is 11.7 Å². The number of carboxylic acids is 1. The molecule has 2 aromatic carbocycles. The van der Waals surface area contributed by atoms with Crippen LogP contribution in [0.4, 0.5) is 11.4 Å². The van der Waals surface area contributed by atoms with Crippen LogP contribution < -0.4 is 9.64 Å². The van der Waals surface area contributed by atoms with E-state index in [9.17, 15) is 24.8 Å². The number of hydrogen-bond acceptors (Lipinski definition) is 8. The number of nitro benzene ring substituents is 1. The number of benzene rings is 2. The minimum atomic E-state index is -1.09. The quantitative estimate of drug-likeness (QED) is 0.316. The number of nitro groups is 1. The first-order valence-electron chi connectivity index (χ1n) is 7.89. The van der Waals surface area contributed by atoms with Gasteiger partial charge in [-0.15, -0.1) is 0 Å². The minimum Gasteiger partial charge on any atom is -0.500 e. The molecule has 11 heteroatoms. The van der Waals surface area contributed by atoms with Crippen LogP contribution in [0, 0.1) is 10.1 Å². The van der Waals surface area contributed by atoms with Crippen LogP contribution in [0.15, 0.2) is 41.3 Å². The number of hydrogen-bond donors (Lipinski definition) is 2. The Hall–Kier alpha value is -3.44. The number of ether oxygens (including phenoxy) is 1. The number of thiocarbonyl (C=S) groups is 1. The molecule has 2 aromatic rings. The van der Waals surface area contributed by atoms with Gasteiger partial charge in [-0.2, -0.15) is 0 Å². The molecule has 0 aliphatic carbocycles. The molecule has 1 fully saturated rings. The highest BCUT2D eigenvalue weighted by Crippen LogP contribution is 2.40. The van der Waals surface area contributed by atoms with Gasteiger partial charge in [0, 0.05) is 6.07 Å². The number of methoxy groups -OCH3 is 1. The van der Waals surface area contributed by atoms with Crippen molar-refractivity contribution in [3.63, 3.8) is 0 Å². The van der Waals surface area contributed by atoms with Crippen molar-refractivity contribution in [1.29, 1.82) is 0 Å². The summed E-state index contributed by atoms with van der Waals surface area (Å²) in [6.45, 7) is 0. The Kier molecular flexibility index (Phi) is 5.52. The molecule has 0 unspecified atom stereocenters. The van der Waals surface area contributed by atoms with Crippen molar-refractivity contribution in [2.24, 2.45) is 0 Å². The van der Waals surface area contributed by atoms with Gasteiger partial charge in [0.2, 0.25) is 5.75 Å². The number of aromatic hydroxyl groups is 1. The molecule has 2 N–H and O–H groups in total. The molecule has 0 radical (unpaired) electrons. The third-order valence-electron chi connectivity index (χ3n) is 3.96. The summed E-state index contributed by atoms with van der Waals surface area (Å²) < 4.78 is 5.18. The molecule has 148 valence electrons. The molecule has 1 heterocycles. The Morgan fingerprint density at radius 3 is 2.52 bits per heavy atom. The number of phenolic OH excluding ortho intramolecular Hbond substituents is 1. The zero-order valence-corrected chi connectivity index (χ0v) is 16.3. The number of aromatic carboxylic acids is 1. The second-order valence-corrected chi connectivity index (χ2v) is 7.39. The average Bonchev–Trinajstić information content (AvgIpc) is 2.96. The number of amides is 1.